The molecular weight excluding hydrogens is 441 g/mol. The second kappa shape index (κ2) is 12.3. The van der Waals surface area contributed by atoms with Crippen LogP contribution in [0.5, 0.6) is 0 Å². The molecule has 0 saturated heterocycles. The van der Waals surface area contributed by atoms with Gasteiger partial charge < -0.3 is 0 Å². The Morgan fingerprint density at radius 3 is 1.68 bits per heavy atom. The van der Waals surface area contributed by atoms with E-state index in [0.29, 0.717) is 6.54 Å². The summed E-state index contributed by atoms with van der Waals surface area (Å²) in [5.74, 6) is -0.246. The maximum absolute atomic E-state index is 12.1. The van der Waals surface area contributed by atoms with Gasteiger partial charge in [-0.25, -0.2) is 0 Å². The standard InChI is InChI=1S/C27H36N5OP/c1-31(19-18-30-26(33)22-32(2)27(28)29)20-21-34(23-12-6-3-7-13-23,24-14-8-4-9-15-24)25-16-10-5-11-17-25/h3-17,34H,18-22H2,1-2H3,(H3,28,29)(H,30,33). The Kier molecular flexibility index (Phi) is 9.20. The van der Waals surface area contributed by atoms with Crippen LogP contribution < -0.4 is 27.0 Å². The van der Waals surface area contributed by atoms with E-state index in [4.69, 9.17) is 11.1 Å². The normalized spacial score (nSPS) is 11.7. The van der Waals surface area contributed by atoms with Crippen LogP contribution in [0.4, 0.5) is 0 Å². The predicted molar refractivity (Wildman–Crippen MR) is 146 cm³/mol. The summed E-state index contributed by atoms with van der Waals surface area (Å²) in [5.41, 5.74) is 5.41. The molecule has 4 N–H and O–H groups in total. The molecule has 3 aromatic carbocycles. The second-order valence-corrected chi connectivity index (χ2v) is 12.7. The molecule has 0 spiro atoms. The number of benzene rings is 3. The second-order valence-electron chi connectivity index (χ2n) is 8.65. The van der Waals surface area contributed by atoms with Crippen molar-refractivity contribution >= 4 is 35.0 Å². The third-order valence-corrected chi connectivity index (χ3v) is 11.2. The van der Waals surface area contributed by atoms with Crippen molar-refractivity contribution in [2.75, 3.05) is 46.4 Å². The van der Waals surface area contributed by atoms with Gasteiger partial charge in [0.25, 0.3) is 0 Å². The Morgan fingerprint density at radius 2 is 1.26 bits per heavy atom. The van der Waals surface area contributed by atoms with Crippen molar-refractivity contribution in [3.63, 3.8) is 0 Å². The number of amides is 1. The molecule has 0 unspecified atom stereocenters. The van der Waals surface area contributed by atoms with Gasteiger partial charge in [0.05, 0.1) is 0 Å². The van der Waals surface area contributed by atoms with Crippen LogP contribution in [0.15, 0.2) is 91.0 Å². The minimum absolute atomic E-state index is 0.0884. The van der Waals surface area contributed by atoms with Gasteiger partial charge in [0.1, 0.15) is 0 Å². The number of carbonyl (C=O) groups excluding carboxylic acids is 1. The molecule has 0 bridgehead atoms. The number of rotatable bonds is 11. The molecule has 6 nitrogen and oxygen atoms in total. The summed E-state index contributed by atoms with van der Waals surface area (Å²) in [7, 11) is 1.48. The molecular formula is C27H36N5OP. The Morgan fingerprint density at radius 1 is 0.824 bits per heavy atom. The fraction of sp³-hybridized carbons (Fsp3) is 0.259. The number of likely N-dealkylation sites (N-methyl/N-ethyl adjacent to an activating group) is 2. The molecule has 0 saturated carbocycles. The first-order valence-electron chi connectivity index (χ1n) is 11.6. The van der Waals surface area contributed by atoms with Crippen LogP contribution in [-0.4, -0.2) is 68.1 Å². The van der Waals surface area contributed by atoms with Gasteiger partial charge in [-0.15, -0.1) is 0 Å². The van der Waals surface area contributed by atoms with Crippen LogP contribution in [-0.2, 0) is 4.79 Å². The van der Waals surface area contributed by atoms with Gasteiger partial charge in [0, 0.05) is 0 Å². The molecule has 0 atom stereocenters. The number of guanidine groups is 1. The topological polar surface area (TPSA) is 85.5 Å². The summed E-state index contributed by atoms with van der Waals surface area (Å²) in [5, 5.41) is 14.5. The molecule has 7 heteroatoms. The summed E-state index contributed by atoms with van der Waals surface area (Å²) in [6, 6.07) is 32.7. The first-order chi connectivity index (χ1) is 16.4. The summed E-state index contributed by atoms with van der Waals surface area (Å²) < 4.78 is 0. The Hall–Kier alpha value is -3.21. The summed E-state index contributed by atoms with van der Waals surface area (Å²) in [4.78, 5) is 15.8. The molecule has 0 aromatic heterocycles. The zero-order valence-electron chi connectivity index (χ0n) is 20.1. The predicted octanol–water partition coefficient (Wildman–Crippen LogP) is 1.59. The fourth-order valence-electron chi connectivity index (χ4n) is 4.31. The molecule has 3 rings (SSSR count). The average Bonchev–Trinajstić information content (AvgIpc) is 2.86. The first kappa shape index (κ1) is 25.4. The minimum atomic E-state index is -2.26. The molecule has 0 heterocycles. The molecule has 1 amide bonds. The van der Waals surface area contributed by atoms with E-state index in [1.54, 1.807) is 7.05 Å². The Bertz CT molecular complexity index is 950. The van der Waals surface area contributed by atoms with Gasteiger partial charge in [-0.3, -0.25) is 0 Å². The van der Waals surface area contributed by atoms with E-state index in [9.17, 15) is 4.79 Å². The van der Waals surface area contributed by atoms with E-state index in [-0.39, 0.29) is 18.4 Å². The Balaban J connectivity index is 1.77. The van der Waals surface area contributed by atoms with Crippen LogP contribution in [0.2, 0.25) is 0 Å². The van der Waals surface area contributed by atoms with Crippen molar-refractivity contribution in [3.8, 4) is 0 Å². The third kappa shape index (κ3) is 6.43. The Labute approximate surface area is 203 Å². The van der Waals surface area contributed by atoms with E-state index < -0.39 is 7.26 Å². The molecule has 0 fully saturated rings. The van der Waals surface area contributed by atoms with Crippen molar-refractivity contribution in [2.45, 2.75) is 0 Å². The molecule has 3 aromatic rings. The molecule has 0 radical (unpaired) electrons. The van der Waals surface area contributed by atoms with Gasteiger partial charge in [-0.2, -0.15) is 0 Å². The van der Waals surface area contributed by atoms with Crippen LogP contribution in [0, 0.1) is 5.41 Å². The SMILES string of the molecule is CN(CCNC(=O)CN(C)C(=N)N)CC[PH](c1ccccc1)(c1ccccc1)c1ccccc1. The molecule has 0 aliphatic carbocycles. The zero-order chi connectivity index (χ0) is 24.4. The van der Waals surface area contributed by atoms with Crippen molar-refractivity contribution in [1.29, 1.82) is 5.41 Å². The van der Waals surface area contributed by atoms with Gasteiger partial charge >= 0.3 is 204 Å². The van der Waals surface area contributed by atoms with E-state index >= 15 is 0 Å². The van der Waals surface area contributed by atoms with E-state index in [1.807, 2.05) is 0 Å². The van der Waals surface area contributed by atoms with Crippen LogP contribution >= 0.6 is 7.26 Å². The van der Waals surface area contributed by atoms with E-state index in [1.165, 1.54) is 20.8 Å². The van der Waals surface area contributed by atoms with E-state index in [0.717, 1.165) is 19.3 Å². The summed E-state index contributed by atoms with van der Waals surface area (Å²) in [6.45, 7) is 2.30. The molecule has 0 aliphatic rings. The van der Waals surface area contributed by atoms with Crippen LogP contribution in [0.25, 0.3) is 0 Å². The first-order valence-corrected chi connectivity index (χ1v) is 13.8. The van der Waals surface area contributed by atoms with Crippen LogP contribution in [0.3, 0.4) is 0 Å². The molecule has 0 aliphatic heterocycles. The fourth-order valence-corrected chi connectivity index (χ4v) is 9.18. The van der Waals surface area contributed by atoms with Gasteiger partial charge in [-0.05, 0) is 0 Å². The third-order valence-electron chi connectivity index (χ3n) is 6.28. The van der Waals surface area contributed by atoms with Gasteiger partial charge in [-0.1, -0.05) is 0 Å². The quantitative estimate of drug-likeness (QED) is 0.222. The van der Waals surface area contributed by atoms with Crippen molar-refractivity contribution < 1.29 is 4.79 Å². The van der Waals surface area contributed by atoms with E-state index in [2.05, 4.69) is 108 Å². The number of carbonyl (C=O) groups is 1. The molecule has 34 heavy (non-hydrogen) atoms. The molecule has 180 valence electrons. The van der Waals surface area contributed by atoms with Crippen molar-refractivity contribution in [2.24, 2.45) is 5.73 Å². The average molecular weight is 478 g/mol. The summed E-state index contributed by atoms with van der Waals surface area (Å²) in [6.07, 6.45) is 1.03. The number of hydrogen-bond donors (Lipinski definition) is 3. The monoisotopic (exact) mass is 477 g/mol. The van der Waals surface area contributed by atoms with Crippen molar-refractivity contribution in [3.05, 3.63) is 91.0 Å². The van der Waals surface area contributed by atoms with Crippen LogP contribution in [0.1, 0.15) is 0 Å². The number of nitrogens with two attached hydrogens (primary N) is 1. The van der Waals surface area contributed by atoms with Gasteiger partial charge in [0.2, 0.25) is 0 Å². The van der Waals surface area contributed by atoms with Crippen molar-refractivity contribution in [1.82, 2.24) is 15.1 Å². The summed E-state index contributed by atoms with van der Waals surface area (Å²) >= 11 is 0. The zero-order valence-corrected chi connectivity index (χ0v) is 21.1. The maximum atomic E-state index is 12.1. The van der Waals surface area contributed by atoms with Gasteiger partial charge in [0.15, 0.2) is 0 Å². The number of nitrogens with one attached hydrogen (secondary N) is 2. The number of nitrogens with zero attached hydrogens (tertiary/aromatic N) is 2. The number of hydrogen-bond acceptors (Lipinski definition) is 3.